The Balaban J connectivity index is 1.39. The highest BCUT2D eigenvalue weighted by atomic mass is 16.5. The summed E-state index contributed by atoms with van der Waals surface area (Å²) in [5, 5.41) is 3.26. The first-order valence-electron chi connectivity index (χ1n) is 8.77. The Morgan fingerprint density at radius 2 is 1.43 bits per heavy atom. The minimum Gasteiger partial charge on any atom is -0.488 e. The van der Waals surface area contributed by atoms with Crippen molar-refractivity contribution in [2.24, 2.45) is 17.8 Å². The summed E-state index contributed by atoms with van der Waals surface area (Å²) in [4.78, 5) is 0. The second-order valence-corrected chi connectivity index (χ2v) is 8.12. The molecular weight excluding hydrogens is 258 g/mol. The van der Waals surface area contributed by atoms with Gasteiger partial charge in [0, 0.05) is 13.1 Å². The summed E-state index contributed by atoms with van der Waals surface area (Å²) in [5.74, 6) is 4.12. The lowest BCUT2D eigenvalue weighted by Gasteiger charge is -2.57. The first-order valence-corrected chi connectivity index (χ1v) is 8.77. The van der Waals surface area contributed by atoms with E-state index in [2.05, 4.69) is 29.6 Å². The van der Waals surface area contributed by atoms with Crippen LogP contribution in [0.25, 0.3) is 0 Å². The average molecular weight is 283 g/mol. The highest BCUT2D eigenvalue weighted by molar-refractivity contribution is 5.34. The molecular formula is C19H25NO. The Morgan fingerprint density at radius 3 is 1.90 bits per heavy atom. The number of ether oxygens (including phenoxy) is 1. The monoisotopic (exact) mass is 283 g/mol. The molecule has 4 bridgehead atoms. The third-order valence-corrected chi connectivity index (χ3v) is 6.55. The van der Waals surface area contributed by atoms with Crippen LogP contribution in [-0.4, -0.2) is 19.2 Å². The van der Waals surface area contributed by atoms with Gasteiger partial charge in [-0.3, -0.25) is 0 Å². The number of hydrogen-bond donors (Lipinski definition) is 1. The van der Waals surface area contributed by atoms with Crippen molar-refractivity contribution >= 4 is 0 Å². The highest BCUT2D eigenvalue weighted by Crippen LogP contribution is 2.60. The summed E-state index contributed by atoms with van der Waals surface area (Å²) >= 11 is 0. The van der Waals surface area contributed by atoms with Gasteiger partial charge in [-0.05, 0) is 79.4 Å². The molecule has 0 atom stereocenters. The van der Waals surface area contributed by atoms with Crippen molar-refractivity contribution < 1.29 is 4.74 Å². The van der Waals surface area contributed by atoms with Crippen molar-refractivity contribution in [3.05, 3.63) is 29.8 Å². The van der Waals surface area contributed by atoms with Crippen molar-refractivity contribution in [1.82, 2.24) is 5.32 Å². The summed E-state index contributed by atoms with van der Waals surface area (Å²) in [6.07, 6.45) is 9.30. The first kappa shape index (κ1) is 12.5. The lowest BCUT2D eigenvalue weighted by atomic mass is 9.48. The van der Waals surface area contributed by atoms with E-state index in [0.717, 1.165) is 36.6 Å². The molecule has 5 aliphatic rings. The van der Waals surface area contributed by atoms with Crippen LogP contribution in [0.2, 0.25) is 0 Å². The van der Waals surface area contributed by atoms with E-state index in [-0.39, 0.29) is 0 Å². The predicted octanol–water partition coefficient (Wildman–Crippen LogP) is 3.51. The van der Waals surface area contributed by atoms with Gasteiger partial charge >= 0.3 is 0 Å². The number of rotatable bonds is 3. The normalized spacial score (nSPS) is 41.0. The molecule has 2 nitrogen and oxygen atoms in total. The fourth-order valence-electron chi connectivity index (χ4n) is 5.89. The summed E-state index contributed by atoms with van der Waals surface area (Å²) in [6, 6.07) is 9.17. The zero-order valence-electron chi connectivity index (χ0n) is 12.7. The maximum atomic E-state index is 5.96. The van der Waals surface area contributed by atoms with Crippen LogP contribution in [0.3, 0.4) is 0 Å². The van der Waals surface area contributed by atoms with Crippen molar-refractivity contribution in [1.29, 1.82) is 0 Å². The molecule has 112 valence electrons. The summed E-state index contributed by atoms with van der Waals surface area (Å²) in [7, 11) is 0. The minimum atomic E-state index is 0.385. The van der Waals surface area contributed by atoms with Gasteiger partial charge in [-0.2, -0.15) is 0 Å². The van der Waals surface area contributed by atoms with Crippen LogP contribution < -0.4 is 10.1 Å². The van der Waals surface area contributed by atoms with Crippen LogP contribution in [0.5, 0.6) is 5.75 Å². The molecule has 1 aliphatic heterocycles. The SMILES string of the molecule is c1cc(C23CC4CC(CC(C4)C2)C3)ccc1OC1CNC1. The van der Waals surface area contributed by atoms with Crippen LogP contribution in [0.15, 0.2) is 24.3 Å². The van der Waals surface area contributed by atoms with Gasteiger partial charge in [-0.15, -0.1) is 0 Å². The van der Waals surface area contributed by atoms with E-state index in [1.807, 2.05) is 0 Å². The lowest BCUT2D eigenvalue weighted by Crippen LogP contribution is -2.50. The molecule has 21 heavy (non-hydrogen) atoms. The molecule has 0 radical (unpaired) electrons. The third kappa shape index (κ3) is 2.03. The van der Waals surface area contributed by atoms with Crippen LogP contribution >= 0.6 is 0 Å². The summed E-state index contributed by atoms with van der Waals surface area (Å²) in [6.45, 7) is 1.99. The molecule has 1 saturated heterocycles. The van der Waals surface area contributed by atoms with E-state index in [0.29, 0.717) is 11.5 Å². The van der Waals surface area contributed by atoms with Gasteiger partial charge in [-0.1, -0.05) is 12.1 Å². The second kappa shape index (κ2) is 4.49. The molecule has 0 spiro atoms. The quantitative estimate of drug-likeness (QED) is 0.916. The highest BCUT2D eigenvalue weighted by Gasteiger charge is 2.51. The molecule has 0 unspecified atom stereocenters. The molecule has 1 aromatic carbocycles. The van der Waals surface area contributed by atoms with Crippen molar-refractivity contribution in [3.63, 3.8) is 0 Å². The third-order valence-electron chi connectivity index (χ3n) is 6.55. The first-order chi connectivity index (χ1) is 10.3. The van der Waals surface area contributed by atoms with Gasteiger partial charge in [0.1, 0.15) is 11.9 Å². The molecule has 0 aromatic heterocycles. The molecule has 4 aliphatic carbocycles. The molecule has 5 fully saturated rings. The molecule has 0 amide bonds. The number of hydrogen-bond acceptors (Lipinski definition) is 2. The largest absolute Gasteiger partial charge is 0.488 e. The second-order valence-electron chi connectivity index (χ2n) is 8.12. The molecule has 1 heterocycles. The molecule has 2 heteroatoms. The van der Waals surface area contributed by atoms with E-state index >= 15 is 0 Å². The van der Waals surface area contributed by atoms with Gasteiger partial charge in [0.25, 0.3) is 0 Å². The summed E-state index contributed by atoms with van der Waals surface area (Å²) < 4.78 is 5.96. The summed E-state index contributed by atoms with van der Waals surface area (Å²) in [5.41, 5.74) is 2.12. The van der Waals surface area contributed by atoms with E-state index < -0.39 is 0 Å². The molecule has 1 aromatic rings. The Hall–Kier alpha value is -1.02. The van der Waals surface area contributed by atoms with Crippen molar-refractivity contribution in [3.8, 4) is 5.75 Å². The number of nitrogens with one attached hydrogen (secondary N) is 1. The van der Waals surface area contributed by atoms with Gasteiger partial charge in [-0.25, -0.2) is 0 Å². The topological polar surface area (TPSA) is 21.3 Å². The fourth-order valence-corrected chi connectivity index (χ4v) is 5.89. The van der Waals surface area contributed by atoms with E-state index in [1.165, 1.54) is 38.5 Å². The molecule has 1 N–H and O–H groups in total. The van der Waals surface area contributed by atoms with Crippen LogP contribution in [0.1, 0.15) is 44.1 Å². The average Bonchev–Trinajstić information content (AvgIpc) is 2.42. The van der Waals surface area contributed by atoms with Crippen LogP contribution in [0, 0.1) is 17.8 Å². The number of benzene rings is 1. The van der Waals surface area contributed by atoms with Gasteiger partial charge in [0.15, 0.2) is 0 Å². The molecule has 4 saturated carbocycles. The maximum Gasteiger partial charge on any atom is 0.123 e. The van der Waals surface area contributed by atoms with Crippen molar-refractivity contribution in [2.75, 3.05) is 13.1 Å². The van der Waals surface area contributed by atoms with Gasteiger partial charge in [0.05, 0.1) is 0 Å². The van der Waals surface area contributed by atoms with E-state index in [4.69, 9.17) is 4.74 Å². The predicted molar refractivity (Wildman–Crippen MR) is 83.6 cm³/mol. The van der Waals surface area contributed by atoms with E-state index in [9.17, 15) is 0 Å². The smallest absolute Gasteiger partial charge is 0.123 e. The Kier molecular flexibility index (Phi) is 2.67. The van der Waals surface area contributed by atoms with Crippen LogP contribution in [0.4, 0.5) is 0 Å². The van der Waals surface area contributed by atoms with Gasteiger partial charge < -0.3 is 10.1 Å². The minimum absolute atomic E-state index is 0.385. The Labute approximate surface area is 127 Å². The van der Waals surface area contributed by atoms with E-state index in [1.54, 1.807) is 5.56 Å². The van der Waals surface area contributed by atoms with Gasteiger partial charge in [0.2, 0.25) is 0 Å². The fraction of sp³-hybridized carbons (Fsp3) is 0.684. The zero-order chi connectivity index (χ0) is 13.9. The van der Waals surface area contributed by atoms with Crippen LogP contribution in [-0.2, 0) is 5.41 Å². The molecule has 6 rings (SSSR count). The van der Waals surface area contributed by atoms with Crippen molar-refractivity contribution in [2.45, 2.75) is 50.0 Å². The lowest BCUT2D eigenvalue weighted by molar-refractivity contribution is -0.00522. The Bertz CT molecular complexity index is 496. The maximum absolute atomic E-state index is 5.96. The Morgan fingerprint density at radius 1 is 0.857 bits per heavy atom. The standard InChI is InChI=1S/C19H25NO/c1-3-17(21-18-11-20-12-18)4-2-16(1)19-8-13-5-14(9-19)7-15(6-13)10-19/h1-4,13-15,18,20H,5-12H2. The zero-order valence-corrected chi connectivity index (χ0v) is 12.7.